The summed E-state index contributed by atoms with van der Waals surface area (Å²) < 4.78 is 11.1. The van der Waals surface area contributed by atoms with Gasteiger partial charge in [-0.1, -0.05) is 6.92 Å². The van der Waals surface area contributed by atoms with Crippen LogP contribution in [0.15, 0.2) is 6.07 Å². The minimum absolute atomic E-state index is 0.179. The van der Waals surface area contributed by atoms with Crippen LogP contribution in [0.2, 0.25) is 0 Å². The fourth-order valence-electron chi connectivity index (χ4n) is 2.54. The van der Waals surface area contributed by atoms with Crippen molar-refractivity contribution in [3.63, 3.8) is 0 Å². The predicted molar refractivity (Wildman–Crippen MR) is 66.0 cm³/mol. The van der Waals surface area contributed by atoms with E-state index in [1.54, 1.807) is 7.11 Å². The Morgan fingerprint density at radius 1 is 1.59 bits per heavy atom. The summed E-state index contributed by atoms with van der Waals surface area (Å²) in [5.74, 6) is 2.04. The number of carbonyl (C=O) groups is 1. The Morgan fingerprint density at radius 3 is 3.00 bits per heavy atom. The molecule has 1 unspecified atom stereocenters. The second-order valence-corrected chi connectivity index (χ2v) is 4.52. The number of aldehydes is 1. The molecule has 3 heteroatoms. The lowest BCUT2D eigenvalue weighted by Crippen LogP contribution is -2.04. The van der Waals surface area contributed by atoms with Gasteiger partial charge in [0, 0.05) is 24.0 Å². The number of carbonyl (C=O) groups excluding carboxylic acids is 1. The smallest absolute Gasteiger partial charge is 0.125 e. The highest BCUT2D eigenvalue weighted by Gasteiger charge is 2.25. The average molecular weight is 234 g/mol. The van der Waals surface area contributed by atoms with Crippen LogP contribution in [0.25, 0.3) is 0 Å². The van der Waals surface area contributed by atoms with E-state index in [2.05, 4.69) is 6.92 Å². The number of hydrogen-bond donors (Lipinski definition) is 0. The number of hydrogen-bond acceptors (Lipinski definition) is 3. The standard InChI is InChI=1S/C14H18O3/c1-9(4-6-15)13-11-5-7-17-12(11)8-10(2)14(13)16-3/h6,8-9H,4-5,7H2,1-3H3. The van der Waals surface area contributed by atoms with E-state index in [1.165, 1.54) is 5.56 Å². The van der Waals surface area contributed by atoms with Crippen LogP contribution >= 0.6 is 0 Å². The van der Waals surface area contributed by atoms with Crippen LogP contribution in [0.3, 0.4) is 0 Å². The lowest BCUT2D eigenvalue weighted by Gasteiger charge is -2.19. The van der Waals surface area contributed by atoms with Gasteiger partial charge in [-0.15, -0.1) is 0 Å². The molecule has 0 saturated carbocycles. The fourth-order valence-corrected chi connectivity index (χ4v) is 2.54. The van der Waals surface area contributed by atoms with Gasteiger partial charge in [0.1, 0.15) is 17.8 Å². The van der Waals surface area contributed by atoms with Gasteiger partial charge in [0.2, 0.25) is 0 Å². The van der Waals surface area contributed by atoms with E-state index >= 15 is 0 Å². The first-order valence-corrected chi connectivity index (χ1v) is 5.95. The van der Waals surface area contributed by atoms with Crippen LogP contribution in [-0.2, 0) is 11.2 Å². The molecule has 1 atom stereocenters. The highest BCUT2D eigenvalue weighted by Crippen LogP contribution is 2.41. The van der Waals surface area contributed by atoms with Crippen molar-refractivity contribution < 1.29 is 14.3 Å². The van der Waals surface area contributed by atoms with E-state index in [0.717, 1.165) is 41.9 Å². The first kappa shape index (κ1) is 12.0. The van der Waals surface area contributed by atoms with Gasteiger partial charge in [0.25, 0.3) is 0 Å². The predicted octanol–water partition coefficient (Wildman–Crippen LogP) is 2.63. The molecule has 0 radical (unpaired) electrons. The maximum atomic E-state index is 10.7. The minimum atomic E-state index is 0.179. The number of benzene rings is 1. The van der Waals surface area contributed by atoms with Gasteiger partial charge in [0.15, 0.2) is 0 Å². The summed E-state index contributed by atoms with van der Waals surface area (Å²) in [5.41, 5.74) is 3.43. The van der Waals surface area contributed by atoms with E-state index in [9.17, 15) is 4.79 Å². The molecule has 92 valence electrons. The van der Waals surface area contributed by atoms with E-state index in [-0.39, 0.29) is 5.92 Å². The maximum absolute atomic E-state index is 10.7. The Balaban J connectivity index is 2.56. The number of methoxy groups -OCH3 is 1. The lowest BCUT2D eigenvalue weighted by atomic mass is 9.89. The van der Waals surface area contributed by atoms with Crippen LogP contribution < -0.4 is 9.47 Å². The van der Waals surface area contributed by atoms with Crippen LogP contribution in [0.1, 0.15) is 36.0 Å². The van der Waals surface area contributed by atoms with E-state index in [4.69, 9.17) is 9.47 Å². The Hall–Kier alpha value is -1.51. The zero-order valence-corrected chi connectivity index (χ0v) is 10.6. The summed E-state index contributed by atoms with van der Waals surface area (Å²) in [6.45, 7) is 4.80. The molecule has 1 aliphatic rings. The lowest BCUT2D eigenvalue weighted by molar-refractivity contribution is -0.108. The molecule has 1 aromatic rings. The van der Waals surface area contributed by atoms with E-state index in [1.807, 2.05) is 13.0 Å². The number of aryl methyl sites for hydroxylation is 1. The quantitative estimate of drug-likeness (QED) is 0.751. The van der Waals surface area contributed by atoms with Crippen molar-refractivity contribution in [1.29, 1.82) is 0 Å². The summed E-state index contributed by atoms with van der Waals surface area (Å²) in [7, 11) is 1.68. The molecule has 0 N–H and O–H groups in total. The first-order valence-electron chi connectivity index (χ1n) is 5.95. The van der Waals surface area contributed by atoms with Crippen LogP contribution in [0.5, 0.6) is 11.5 Å². The van der Waals surface area contributed by atoms with Crippen molar-refractivity contribution in [1.82, 2.24) is 0 Å². The van der Waals surface area contributed by atoms with Crippen molar-refractivity contribution >= 4 is 6.29 Å². The van der Waals surface area contributed by atoms with Gasteiger partial charge in [-0.2, -0.15) is 0 Å². The van der Waals surface area contributed by atoms with Gasteiger partial charge in [-0.05, 0) is 24.5 Å². The van der Waals surface area contributed by atoms with Crippen molar-refractivity contribution in [3.05, 3.63) is 22.8 Å². The summed E-state index contributed by atoms with van der Waals surface area (Å²) in [5, 5.41) is 0. The molecule has 0 spiro atoms. The van der Waals surface area contributed by atoms with Crippen LogP contribution in [0, 0.1) is 6.92 Å². The molecule has 1 aliphatic heterocycles. The van der Waals surface area contributed by atoms with Crippen LogP contribution in [-0.4, -0.2) is 20.0 Å². The molecule has 0 aromatic heterocycles. The molecular weight excluding hydrogens is 216 g/mol. The van der Waals surface area contributed by atoms with Crippen molar-refractivity contribution in [2.24, 2.45) is 0 Å². The van der Waals surface area contributed by atoms with Crippen LogP contribution in [0.4, 0.5) is 0 Å². The number of rotatable bonds is 4. The monoisotopic (exact) mass is 234 g/mol. The third-order valence-corrected chi connectivity index (χ3v) is 3.33. The summed E-state index contributed by atoms with van der Waals surface area (Å²) in [4.78, 5) is 10.7. The molecule has 17 heavy (non-hydrogen) atoms. The van der Waals surface area contributed by atoms with Gasteiger partial charge in [-0.25, -0.2) is 0 Å². The molecule has 0 amide bonds. The molecule has 0 aliphatic carbocycles. The highest BCUT2D eigenvalue weighted by molar-refractivity contribution is 5.59. The van der Waals surface area contributed by atoms with Gasteiger partial charge >= 0.3 is 0 Å². The summed E-state index contributed by atoms with van der Waals surface area (Å²) in [6.07, 6.45) is 2.39. The van der Waals surface area contributed by atoms with Gasteiger partial charge in [0.05, 0.1) is 13.7 Å². The molecular formula is C14H18O3. The molecule has 1 aromatic carbocycles. The summed E-state index contributed by atoms with van der Waals surface area (Å²) in [6, 6.07) is 2.03. The summed E-state index contributed by atoms with van der Waals surface area (Å²) >= 11 is 0. The Bertz CT molecular complexity index is 434. The zero-order valence-electron chi connectivity index (χ0n) is 10.6. The minimum Gasteiger partial charge on any atom is -0.496 e. The molecule has 0 fully saturated rings. The maximum Gasteiger partial charge on any atom is 0.125 e. The second kappa shape index (κ2) is 4.78. The third kappa shape index (κ3) is 2.02. The SMILES string of the molecule is COc1c(C)cc2c(c1C(C)CC=O)CCO2. The Labute approximate surface area is 102 Å². The molecule has 3 nitrogen and oxygen atoms in total. The fraction of sp³-hybridized carbons (Fsp3) is 0.500. The first-order chi connectivity index (χ1) is 8.19. The molecule has 2 rings (SSSR count). The van der Waals surface area contributed by atoms with E-state index in [0.29, 0.717) is 6.42 Å². The second-order valence-electron chi connectivity index (χ2n) is 4.52. The Kier molecular flexibility index (Phi) is 3.36. The van der Waals surface area contributed by atoms with Crippen molar-refractivity contribution in [2.75, 3.05) is 13.7 Å². The highest BCUT2D eigenvalue weighted by atomic mass is 16.5. The molecule has 0 saturated heterocycles. The number of ether oxygens (including phenoxy) is 2. The largest absolute Gasteiger partial charge is 0.496 e. The molecule has 1 heterocycles. The average Bonchev–Trinajstić information content (AvgIpc) is 2.74. The normalized spacial score (nSPS) is 15.0. The van der Waals surface area contributed by atoms with Gasteiger partial charge < -0.3 is 14.3 Å². The zero-order chi connectivity index (χ0) is 12.4. The Morgan fingerprint density at radius 2 is 2.35 bits per heavy atom. The third-order valence-electron chi connectivity index (χ3n) is 3.33. The van der Waals surface area contributed by atoms with Crippen molar-refractivity contribution in [3.8, 4) is 11.5 Å². The van der Waals surface area contributed by atoms with Crippen molar-refractivity contribution in [2.45, 2.75) is 32.6 Å². The number of fused-ring (bicyclic) bond motifs is 1. The van der Waals surface area contributed by atoms with Gasteiger partial charge in [-0.3, -0.25) is 0 Å². The molecule has 0 bridgehead atoms. The topological polar surface area (TPSA) is 35.5 Å². The van der Waals surface area contributed by atoms with E-state index < -0.39 is 0 Å².